The minimum atomic E-state index is -0.230. The quantitative estimate of drug-likeness (QED) is 0.819. The van der Waals surface area contributed by atoms with Gasteiger partial charge in [-0.05, 0) is 31.2 Å². The lowest BCUT2D eigenvalue weighted by Crippen LogP contribution is -2.20. The highest BCUT2D eigenvalue weighted by Gasteiger charge is 2.09. The fourth-order valence-corrected chi connectivity index (χ4v) is 1.94. The van der Waals surface area contributed by atoms with E-state index in [0.29, 0.717) is 6.42 Å². The molecule has 2 aromatic rings. The molecule has 1 atom stereocenters. The van der Waals surface area contributed by atoms with Crippen LogP contribution >= 0.6 is 0 Å². The predicted molar refractivity (Wildman–Crippen MR) is 82.7 cm³/mol. The molecule has 0 amide bonds. The molecular weight excluding hydrogens is 266 g/mol. The standard InChI is InChI=1S/C17H19NO3/c1-13(11-17(19)20-2)18-14-7-6-10-16(12-14)21-15-8-4-3-5-9-15/h3-10,12-13,18H,11H2,1-2H3. The Morgan fingerprint density at radius 3 is 2.52 bits per heavy atom. The summed E-state index contributed by atoms with van der Waals surface area (Å²) in [5.74, 6) is 1.31. The molecule has 21 heavy (non-hydrogen) atoms. The van der Waals surface area contributed by atoms with Crippen LogP contribution in [0.3, 0.4) is 0 Å². The number of hydrogen-bond donors (Lipinski definition) is 1. The SMILES string of the molecule is COC(=O)CC(C)Nc1cccc(Oc2ccccc2)c1. The number of carbonyl (C=O) groups is 1. The summed E-state index contributed by atoms with van der Waals surface area (Å²) < 4.78 is 10.4. The van der Waals surface area contributed by atoms with Crippen molar-refractivity contribution in [3.8, 4) is 11.5 Å². The van der Waals surface area contributed by atoms with Crippen molar-refractivity contribution in [1.82, 2.24) is 0 Å². The van der Waals surface area contributed by atoms with Crippen molar-refractivity contribution in [2.24, 2.45) is 0 Å². The van der Waals surface area contributed by atoms with Gasteiger partial charge in [-0.25, -0.2) is 0 Å². The number of methoxy groups -OCH3 is 1. The monoisotopic (exact) mass is 285 g/mol. The van der Waals surface area contributed by atoms with Crippen LogP contribution in [0.1, 0.15) is 13.3 Å². The molecule has 0 heterocycles. The van der Waals surface area contributed by atoms with Crippen LogP contribution in [0.4, 0.5) is 5.69 Å². The van der Waals surface area contributed by atoms with E-state index < -0.39 is 0 Å². The Hall–Kier alpha value is -2.49. The van der Waals surface area contributed by atoms with E-state index in [9.17, 15) is 4.79 Å². The number of anilines is 1. The summed E-state index contributed by atoms with van der Waals surface area (Å²) >= 11 is 0. The number of hydrogen-bond acceptors (Lipinski definition) is 4. The molecule has 2 rings (SSSR count). The van der Waals surface area contributed by atoms with Crippen molar-refractivity contribution < 1.29 is 14.3 Å². The van der Waals surface area contributed by atoms with Gasteiger partial charge in [0.15, 0.2) is 0 Å². The molecule has 4 heteroatoms. The summed E-state index contributed by atoms with van der Waals surface area (Å²) in [6.07, 6.45) is 0.320. The van der Waals surface area contributed by atoms with Crippen molar-refractivity contribution in [2.45, 2.75) is 19.4 Å². The van der Waals surface area contributed by atoms with Crippen LogP contribution < -0.4 is 10.1 Å². The van der Waals surface area contributed by atoms with E-state index in [1.54, 1.807) is 0 Å². The fourth-order valence-electron chi connectivity index (χ4n) is 1.94. The van der Waals surface area contributed by atoms with E-state index in [0.717, 1.165) is 17.2 Å². The van der Waals surface area contributed by atoms with Crippen LogP contribution in [0.25, 0.3) is 0 Å². The largest absolute Gasteiger partial charge is 0.469 e. The number of nitrogens with one attached hydrogen (secondary N) is 1. The molecular formula is C17H19NO3. The average Bonchev–Trinajstić information content (AvgIpc) is 2.48. The van der Waals surface area contributed by atoms with E-state index in [4.69, 9.17) is 4.74 Å². The molecule has 0 spiro atoms. The molecule has 2 aromatic carbocycles. The van der Waals surface area contributed by atoms with E-state index in [1.165, 1.54) is 7.11 Å². The van der Waals surface area contributed by atoms with Crippen LogP contribution in [0.15, 0.2) is 54.6 Å². The van der Waals surface area contributed by atoms with Gasteiger partial charge in [0.1, 0.15) is 11.5 Å². The first-order chi connectivity index (χ1) is 10.2. The second kappa shape index (κ2) is 7.33. The molecule has 0 fully saturated rings. The molecule has 0 saturated carbocycles. The fraction of sp³-hybridized carbons (Fsp3) is 0.235. The second-order valence-corrected chi connectivity index (χ2v) is 4.77. The highest BCUT2D eigenvalue weighted by atomic mass is 16.5. The number of ether oxygens (including phenoxy) is 2. The maximum atomic E-state index is 11.2. The highest BCUT2D eigenvalue weighted by molar-refractivity contribution is 5.70. The Kier molecular flexibility index (Phi) is 5.21. The molecule has 110 valence electrons. The Bertz CT molecular complexity index is 584. The first-order valence-corrected chi connectivity index (χ1v) is 6.83. The third kappa shape index (κ3) is 4.84. The van der Waals surface area contributed by atoms with Crippen LogP contribution in [0.5, 0.6) is 11.5 Å². The van der Waals surface area contributed by atoms with Crippen LogP contribution in [0.2, 0.25) is 0 Å². The molecule has 0 saturated heterocycles. The molecule has 0 aliphatic carbocycles. The summed E-state index contributed by atoms with van der Waals surface area (Å²) in [6.45, 7) is 1.93. The van der Waals surface area contributed by atoms with Gasteiger partial charge in [0.2, 0.25) is 0 Å². The summed E-state index contributed by atoms with van der Waals surface area (Å²) in [6, 6.07) is 17.2. The second-order valence-electron chi connectivity index (χ2n) is 4.77. The summed E-state index contributed by atoms with van der Waals surface area (Å²) in [5, 5.41) is 3.25. The van der Waals surface area contributed by atoms with Crippen LogP contribution in [0, 0.1) is 0 Å². The Labute approximate surface area is 124 Å². The van der Waals surface area contributed by atoms with E-state index in [1.807, 2.05) is 61.5 Å². The lowest BCUT2D eigenvalue weighted by molar-refractivity contribution is -0.140. The number of benzene rings is 2. The number of esters is 1. The smallest absolute Gasteiger partial charge is 0.307 e. The third-order valence-corrected chi connectivity index (χ3v) is 2.93. The van der Waals surface area contributed by atoms with E-state index in [-0.39, 0.29) is 12.0 Å². The molecule has 0 aliphatic heterocycles. The van der Waals surface area contributed by atoms with Crippen molar-refractivity contribution in [1.29, 1.82) is 0 Å². The molecule has 0 aromatic heterocycles. The third-order valence-electron chi connectivity index (χ3n) is 2.93. The van der Waals surface area contributed by atoms with Crippen LogP contribution in [-0.2, 0) is 9.53 Å². The molecule has 1 unspecified atom stereocenters. The number of carbonyl (C=O) groups excluding carboxylic acids is 1. The van der Waals surface area contributed by atoms with Gasteiger partial charge in [-0.15, -0.1) is 0 Å². The average molecular weight is 285 g/mol. The first kappa shape index (κ1) is 14.9. The summed E-state index contributed by atoms with van der Waals surface area (Å²) in [7, 11) is 1.39. The minimum Gasteiger partial charge on any atom is -0.469 e. The molecule has 4 nitrogen and oxygen atoms in total. The summed E-state index contributed by atoms with van der Waals surface area (Å²) in [4.78, 5) is 11.2. The van der Waals surface area contributed by atoms with Crippen molar-refractivity contribution in [3.63, 3.8) is 0 Å². The van der Waals surface area contributed by atoms with Gasteiger partial charge in [0.05, 0.1) is 13.5 Å². The first-order valence-electron chi connectivity index (χ1n) is 6.83. The zero-order chi connectivity index (χ0) is 15.1. The summed E-state index contributed by atoms with van der Waals surface area (Å²) in [5.41, 5.74) is 0.903. The molecule has 0 radical (unpaired) electrons. The van der Waals surface area contributed by atoms with E-state index >= 15 is 0 Å². The van der Waals surface area contributed by atoms with Crippen molar-refractivity contribution >= 4 is 11.7 Å². The predicted octanol–water partition coefficient (Wildman–Crippen LogP) is 3.84. The maximum absolute atomic E-state index is 11.2. The molecule has 1 N–H and O–H groups in total. The Balaban J connectivity index is 1.99. The van der Waals surface area contributed by atoms with Gasteiger partial charge in [-0.2, -0.15) is 0 Å². The highest BCUT2D eigenvalue weighted by Crippen LogP contribution is 2.24. The van der Waals surface area contributed by atoms with E-state index in [2.05, 4.69) is 10.1 Å². The zero-order valence-corrected chi connectivity index (χ0v) is 12.2. The van der Waals surface area contributed by atoms with Gasteiger partial charge in [-0.1, -0.05) is 24.3 Å². The normalized spacial score (nSPS) is 11.5. The molecule has 0 aliphatic rings. The lowest BCUT2D eigenvalue weighted by atomic mass is 10.2. The van der Waals surface area contributed by atoms with Gasteiger partial charge < -0.3 is 14.8 Å². The maximum Gasteiger partial charge on any atom is 0.307 e. The topological polar surface area (TPSA) is 47.6 Å². The zero-order valence-electron chi connectivity index (χ0n) is 12.2. The minimum absolute atomic E-state index is 0.00979. The number of para-hydroxylation sites is 1. The van der Waals surface area contributed by atoms with Crippen LogP contribution in [-0.4, -0.2) is 19.1 Å². The van der Waals surface area contributed by atoms with Gasteiger partial charge in [-0.3, -0.25) is 4.79 Å². The van der Waals surface area contributed by atoms with Gasteiger partial charge >= 0.3 is 5.97 Å². The lowest BCUT2D eigenvalue weighted by Gasteiger charge is -2.15. The van der Waals surface area contributed by atoms with Crippen molar-refractivity contribution in [2.75, 3.05) is 12.4 Å². The van der Waals surface area contributed by atoms with Crippen molar-refractivity contribution in [3.05, 3.63) is 54.6 Å². The van der Waals surface area contributed by atoms with Gasteiger partial charge in [0.25, 0.3) is 0 Å². The Morgan fingerprint density at radius 1 is 1.10 bits per heavy atom. The number of rotatable bonds is 6. The van der Waals surface area contributed by atoms with Gasteiger partial charge in [0, 0.05) is 17.8 Å². The molecule has 0 bridgehead atoms. The Morgan fingerprint density at radius 2 is 1.81 bits per heavy atom.